The fourth-order valence-electron chi connectivity index (χ4n) is 3.59. The van der Waals surface area contributed by atoms with Crippen molar-refractivity contribution in [2.45, 2.75) is 25.7 Å². The Morgan fingerprint density at radius 3 is 2.29 bits per heavy atom. The summed E-state index contributed by atoms with van der Waals surface area (Å²) in [5, 5.41) is 9.67. The minimum Gasteiger partial charge on any atom is -0.425 e. The molecule has 0 saturated heterocycles. The number of rotatable bonds is 7. The van der Waals surface area contributed by atoms with Crippen molar-refractivity contribution in [1.29, 1.82) is 0 Å². The molecule has 0 spiro atoms. The molecule has 0 aliphatic heterocycles. The maximum Gasteiger partial charge on any atom is 0.416 e. The summed E-state index contributed by atoms with van der Waals surface area (Å²) < 4.78 is 48.2. The molecule has 8 nitrogen and oxygen atoms in total. The molecule has 1 N–H and O–H groups in total. The first kappa shape index (κ1) is 24.6. The molecule has 35 heavy (non-hydrogen) atoms. The van der Waals surface area contributed by atoms with Crippen molar-refractivity contribution in [3.05, 3.63) is 85.5 Å². The Labute approximate surface area is 201 Å². The number of hydrogen-bond acceptors (Lipinski definition) is 5. The van der Waals surface area contributed by atoms with Crippen molar-refractivity contribution in [2.75, 3.05) is 6.61 Å². The molecule has 0 atom stereocenters. The Morgan fingerprint density at radius 1 is 1.03 bits per heavy atom. The number of hydrogen-bond donors (Lipinski definition) is 1. The number of aromatic nitrogens is 4. The van der Waals surface area contributed by atoms with Crippen LogP contribution in [0.1, 0.15) is 17.5 Å². The topological polar surface area (TPSA) is 91.3 Å². The van der Waals surface area contributed by atoms with E-state index in [1.165, 1.54) is 16.2 Å². The van der Waals surface area contributed by atoms with E-state index in [-0.39, 0.29) is 49.0 Å². The summed E-state index contributed by atoms with van der Waals surface area (Å²) >= 11 is 5.97. The molecule has 184 valence electrons. The van der Waals surface area contributed by atoms with Gasteiger partial charge in [-0.3, -0.25) is 18.5 Å². The van der Waals surface area contributed by atoms with Gasteiger partial charge < -0.3 is 9.84 Å². The highest BCUT2D eigenvalue weighted by Gasteiger charge is 2.30. The van der Waals surface area contributed by atoms with Crippen LogP contribution >= 0.6 is 11.6 Å². The van der Waals surface area contributed by atoms with Crippen LogP contribution in [0.3, 0.4) is 0 Å². The molecule has 4 rings (SSSR count). The van der Waals surface area contributed by atoms with Crippen molar-refractivity contribution in [1.82, 2.24) is 18.7 Å². The second-order valence-electron chi connectivity index (χ2n) is 7.78. The van der Waals surface area contributed by atoms with Crippen LogP contribution in [-0.2, 0) is 26.3 Å². The minimum atomic E-state index is -4.50. The third-order valence-electron chi connectivity index (χ3n) is 5.38. The monoisotopic (exact) mass is 508 g/mol. The van der Waals surface area contributed by atoms with Gasteiger partial charge in [0.05, 0.1) is 12.1 Å². The third-order valence-corrected chi connectivity index (χ3v) is 5.63. The third kappa shape index (κ3) is 4.96. The van der Waals surface area contributed by atoms with Gasteiger partial charge in [-0.05, 0) is 48.4 Å². The quantitative estimate of drug-likeness (QED) is 0.410. The number of aliphatic hydroxyl groups excluding tert-OH is 1. The van der Waals surface area contributed by atoms with E-state index in [2.05, 4.69) is 4.98 Å². The molecule has 2 aromatic carbocycles. The lowest BCUT2D eigenvalue weighted by molar-refractivity contribution is -0.137. The second-order valence-corrected chi connectivity index (χ2v) is 8.22. The minimum absolute atomic E-state index is 0.000827. The predicted molar refractivity (Wildman–Crippen MR) is 123 cm³/mol. The zero-order chi connectivity index (χ0) is 25.3. The number of fused-ring (bicyclic) bond motifs is 1. The first-order valence-electron chi connectivity index (χ1n) is 10.5. The Hall–Kier alpha value is -3.57. The first-order chi connectivity index (χ1) is 16.6. The van der Waals surface area contributed by atoms with Crippen LogP contribution < -0.4 is 16.0 Å². The number of imidazole rings is 1. The molecular formula is C23H20ClF3N4O4. The molecule has 12 heteroatoms. The lowest BCUT2D eigenvalue weighted by Gasteiger charge is -2.12. The molecule has 4 aromatic rings. The highest BCUT2D eigenvalue weighted by Crippen LogP contribution is 2.32. The lowest BCUT2D eigenvalue weighted by atomic mass is 10.2. The van der Waals surface area contributed by atoms with Crippen molar-refractivity contribution < 1.29 is 23.0 Å². The summed E-state index contributed by atoms with van der Waals surface area (Å²) in [6.07, 6.45) is -4.31. The molecule has 0 amide bonds. The summed E-state index contributed by atoms with van der Waals surface area (Å²) in [5.41, 5.74) is -1.22. The van der Waals surface area contributed by atoms with E-state index in [4.69, 9.17) is 21.4 Å². The van der Waals surface area contributed by atoms with Gasteiger partial charge in [0.1, 0.15) is 5.75 Å². The Kier molecular flexibility index (Phi) is 6.73. The molecule has 0 saturated carbocycles. The molecule has 2 aromatic heterocycles. The number of benzene rings is 2. The van der Waals surface area contributed by atoms with E-state index in [0.29, 0.717) is 5.02 Å². The number of ether oxygens (including phenoxy) is 1. The molecule has 2 heterocycles. The van der Waals surface area contributed by atoms with Crippen LogP contribution in [0.4, 0.5) is 13.2 Å². The van der Waals surface area contributed by atoms with Gasteiger partial charge in [-0.25, -0.2) is 4.79 Å². The average molecular weight is 509 g/mol. The van der Waals surface area contributed by atoms with Gasteiger partial charge in [0.2, 0.25) is 0 Å². The van der Waals surface area contributed by atoms with Crippen molar-refractivity contribution in [3.8, 4) is 11.8 Å². The van der Waals surface area contributed by atoms with E-state index in [0.717, 1.165) is 34.4 Å². The molecular weight excluding hydrogens is 489 g/mol. The molecule has 0 fully saturated rings. The van der Waals surface area contributed by atoms with Crippen molar-refractivity contribution >= 4 is 22.8 Å². The van der Waals surface area contributed by atoms with Crippen LogP contribution in [0, 0.1) is 0 Å². The summed E-state index contributed by atoms with van der Waals surface area (Å²) in [6.45, 7) is -0.101. The largest absolute Gasteiger partial charge is 0.425 e. The molecule has 0 bridgehead atoms. The first-order valence-corrected chi connectivity index (χ1v) is 10.9. The van der Waals surface area contributed by atoms with Gasteiger partial charge in [0.15, 0.2) is 11.2 Å². The number of halogens is 4. The van der Waals surface area contributed by atoms with Gasteiger partial charge in [0, 0.05) is 25.2 Å². The maximum absolute atomic E-state index is 13.3. The van der Waals surface area contributed by atoms with Crippen LogP contribution in [0.15, 0.2) is 58.1 Å². The highest BCUT2D eigenvalue weighted by molar-refractivity contribution is 6.30. The molecule has 0 aliphatic carbocycles. The van der Waals surface area contributed by atoms with Gasteiger partial charge in [-0.2, -0.15) is 18.2 Å². The molecule has 0 aliphatic rings. The Balaban J connectivity index is 1.87. The van der Waals surface area contributed by atoms with Crippen LogP contribution in [0.25, 0.3) is 11.2 Å². The SMILES string of the molecule is Cn1c(=O)n(CCCO)c(=O)c2c1nc(Oc1ccc(C(F)(F)F)cc1)n2Cc1ccc(Cl)cc1. The fraction of sp³-hybridized carbons (Fsp3) is 0.261. The summed E-state index contributed by atoms with van der Waals surface area (Å²) in [4.78, 5) is 30.4. The normalized spacial score (nSPS) is 11.8. The second kappa shape index (κ2) is 9.59. The number of nitrogens with zero attached hydrogens (tertiary/aromatic N) is 4. The molecule has 0 radical (unpaired) electrons. The summed E-state index contributed by atoms with van der Waals surface area (Å²) in [6, 6.07) is 10.8. The Morgan fingerprint density at radius 2 is 1.69 bits per heavy atom. The highest BCUT2D eigenvalue weighted by atomic mass is 35.5. The Bertz CT molecular complexity index is 1470. The van der Waals surface area contributed by atoms with Crippen LogP contribution in [-0.4, -0.2) is 30.4 Å². The molecule has 0 unspecified atom stereocenters. The van der Waals surface area contributed by atoms with Gasteiger partial charge in [-0.1, -0.05) is 23.7 Å². The maximum atomic E-state index is 13.3. The summed E-state index contributed by atoms with van der Waals surface area (Å²) in [7, 11) is 1.45. The van der Waals surface area contributed by atoms with E-state index in [9.17, 15) is 22.8 Å². The van der Waals surface area contributed by atoms with Crippen molar-refractivity contribution in [2.24, 2.45) is 7.05 Å². The van der Waals surface area contributed by atoms with E-state index in [1.807, 2.05) is 0 Å². The van der Waals surface area contributed by atoms with E-state index < -0.39 is 23.0 Å². The van der Waals surface area contributed by atoms with Crippen molar-refractivity contribution in [3.63, 3.8) is 0 Å². The number of alkyl halides is 3. The zero-order valence-corrected chi connectivity index (χ0v) is 19.2. The van der Waals surface area contributed by atoms with Gasteiger partial charge >= 0.3 is 17.9 Å². The smallest absolute Gasteiger partial charge is 0.416 e. The van der Waals surface area contributed by atoms with Crippen LogP contribution in [0.2, 0.25) is 5.02 Å². The van der Waals surface area contributed by atoms with Crippen LogP contribution in [0.5, 0.6) is 11.8 Å². The zero-order valence-electron chi connectivity index (χ0n) is 18.4. The fourth-order valence-corrected chi connectivity index (χ4v) is 3.72. The number of aliphatic hydroxyl groups is 1. The van der Waals surface area contributed by atoms with Gasteiger partial charge in [0.25, 0.3) is 5.56 Å². The van der Waals surface area contributed by atoms with Gasteiger partial charge in [-0.15, -0.1) is 0 Å². The predicted octanol–water partition coefficient (Wildman–Crippen LogP) is 3.79. The lowest BCUT2D eigenvalue weighted by Crippen LogP contribution is -2.39. The summed E-state index contributed by atoms with van der Waals surface area (Å²) in [5.74, 6) is 0.0660. The van der Waals surface area contributed by atoms with E-state index >= 15 is 0 Å². The number of aryl methyl sites for hydroxylation is 1. The average Bonchev–Trinajstić information content (AvgIpc) is 3.17. The standard InChI is InChI=1S/C23H20ClF3N4O4/c1-29-19-18(20(33)30(22(29)34)11-2-12-32)31(13-14-3-7-16(24)8-4-14)21(28-19)35-17-9-5-15(6-10-17)23(25,26)27/h3-10,32H,2,11-13H2,1H3. The van der Waals surface area contributed by atoms with E-state index in [1.54, 1.807) is 24.3 Å².